The summed E-state index contributed by atoms with van der Waals surface area (Å²) in [5, 5.41) is 14.1. The number of hydrogen-bond donors (Lipinski definition) is 1. The fourth-order valence-corrected chi connectivity index (χ4v) is 1.58. The van der Waals surface area contributed by atoms with E-state index in [1.165, 1.54) is 0 Å². The average molecular weight is 248 g/mol. The minimum Gasteiger partial charge on any atom is -0.313 e. The van der Waals surface area contributed by atoms with Crippen molar-refractivity contribution in [2.24, 2.45) is 5.92 Å². The highest BCUT2D eigenvalue weighted by molar-refractivity contribution is 5.56. The molecule has 0 saturated heterocycles. The van der Waals surface area contributed by atoms with Crippen molar-refractivity contribution in [2.45, 2.75) is 20.8 Å². The second-order valence-electron chi connectivity index (χ2n) is 4.76. The first-order valence-electron chi connectivity index (χ1n) is 6.13. The first-order valence-corrected chi connectivity index (χ1v) is 6.13. The summed E-state index contributed by atoms with van der Waals surface area (Å²) in [6.45, 7) is 7.80. The Morgan fingerprint density at radius 1 is 1.44 bits per heavy atom. The minimum atomic E-state index is -0.344. The van der Waals surface area contributed by atoms with Gasteiger partial charge in [-0.1, -0.05) is 38.1 Å². The van der Waals surface area contributed by atoms with Gasteiger partial charge in [0, 0.05) is 18.2 Å². The van der Waals surface area contributed by atoms with Gasteiger partial charge >= 0.3 is 0 Å². The fraction of sp³-hybridized carbons (Fsp3) is 0.429. The van der Waals surface area contributed by atoms with Crippen molar-refractivity contribution in [1.29, 1.82) is 0 Å². The predicted molar refractivity (Wildman–Crippen MR) is 74.6 cm³/mol. The number of hydrogen-bond acceptors (Lipinski definition) is 3. The monoisotopic (exact) mass is 248 g/mol. The van der Waals surface area contributed by atoms with Crippen LogP contribution < -0.4 is 5.32 Å². The highest BCUT2D eigenvalue weighted by atomic mass is 16.6. The van der Waals surface area contributed by atoms with E-state index in [1.54, 1.807) is 19.1 Å². The van der Waals surface area contributed by atoms with Crippen molar-refractivity contribution in [3.63, 3.8) is 0 Å². The maximum atomic E-state index is 10.8. The van der Waals surface area contributed by atoms with E-state index in [-0.39, 0.29) is 10.6 Å². The Morgan fingerprint density at radius 3 is 2.78 bits per heavy atom. The van der Waals surface area contributed by atoms with Crippen molar-refractivity contribution in [2.75, 3.05) is 13.1 Å². The third-order valence-corrected chi connectivity index (χ3v) is 2.55. The van der Waals surface area contributed by atoms with Gasteiger partial charge in [-0.3, -0.25) is 10.1 Å². The van der Waals surface area contributed by atoms with Crippen molar-refractivity contribution < 1.29 is 4.92 Å². The molecule has 0 aliphatic carbocycles. The van der Waals surface area contributed by atoms with E-state index in [2.05, 4.69) is 19.2 Å². The van der Waals surface area contributed by atoms with Crippen molar-refractivity contribution in [3.8, 4) is 0 Å². The molecule has 1 N–H and O–H groups in total. The third-order valence-electron chi connectivity index (χ3n) is 2.55. The molecule has 0 radical (unpaired) electrons. The zero-order valence-corrected chi connectivity index (χ0v) is 11.1. The summed E-state index contributed by atoms with van der Waals surface area (Å²) < 4.78 is 0. The van der Waals surface area contributed by atoms with E-state index < -0.39 is 0 Å². The zero-order chi connectivity index (χ0) is 13.5. The molecule has 4 heteroatoms. The minimum absolute atomic E-state index is 0.173. The molecule has 0 fully saturated rings. The fourth-order valence-electron chi connectivity index (χ4n) is 1.58. The molecule has 0 aliphatic heterocycles. The SMILES string of the molecule is Cc1ccc(C=CCNCC(C)C)cc1[N+](=O)[O-]. The summed E-state index contributed by atoms with van der Waals surface area (Å²) in [6.07, 6.45) is 3.89. The van der Waals surface area contributed by atoms with Gasteiger partial charge in [-0.15, -0.1) is 0 Å². The Bertz CT molecular complexity index is 439. The van der Waals surface area contributed by atoms with Gasteiger partial charge in [-0.2, -0.15) is 0 Å². The lowest BCUT2D eigenvalue weighted by molar-refractivity contribution is -0.385. The van der Waals surface area contributed by atoms with Crippen LogP contribution in [-0.4, -0.2) is 18.0 Å². The lowest BCUT2D eigenvalue weighted by atomic mass is 10.1. The second kappa shape index (κ2) is 6.91. The van der Waals surface area contributed by atoms with E-state index in [0.29, 0.717) is 11.5 Å². The number of nitro groups is 1. The molecule has 0 spiro atoms. The van der Waals surface area contributed by atoms with Crippen LogP contribution in [0.1, 0.15) is 25.0 Å². The first-order chi connectivity index (χ1) is 8.50. The molecule has 0 unspecified atom stereocenters. The van der Waals surface area contributed by atoms with E-state index in [1.807, 2.05) is 18.2 Å². The quantitative estimate of drug-likeness (QED) is 0.478. The molecule has 18 heavy (non-hydrogen) atoms. The largest absolute Gasteiger partial charge is 0.313 e. The lowest BCUT2D eigenvalue weighted by Gasteiger charge is -2.03. The summed E-state index contributed by atoms with van der Waals surface area (Å²) in [6, 6.07) is 5.27. The van der Waals surface area contributed by atoms with E-state index >= 15 is 0 Å². The van der Waals surface area contributed by atoms with Gasteiger partial charge in [0.2, 0.25) is 0 Å². The van der Waals surface area contributed by atoms with Crippen molar-refractivity contribution in [3.05, 3.63) is 45.5 Å². The second-order valence-corrected chi connectivity index (χ2v) is 4.76. The molecular weight excluding hydrogens is 228 g/mol. The summed E-state index contributed by atoms with van der Waals surface area (Å²) in [5.41, 5.74) is 1.72. The van der Waals surface area contributed by atoms with Crippen LogP contribution in [0, 0.1) is 23.0 Å². The molecule has 0 atom stereocenters. The Balaban J connectivity index is 2.59. The Hall–Kier alpha value is -1.68. The number of nitro benzene ring substituents is 1. The van der Waals surface area contributed by atoms with Crippen molar-refractivity contribution in [1.82, 2.24) is 5.32 Å². The highest BCUT2D eigenvalue weighted by Gasteiger charge is 2.09. The Kier molecular flexibility index (Phi) is 5.52. The van der Waals surface area contributed by atoms with Crippen LogP contribution >= 0.6 is 0 Å². The smallest absolute Gasteiger partial charge is 0.272 e. The van der Waals surface area contributed by atoms with Gasteiger partial charge in [0.1, 0.15) is 0 Å². The number of rotatable bonds is 6. The molecule has 98 valence electrons. The summed E-state index contributed by atoms with van der Waals surface area (Å²) in [5.74, 6) is 0.624. The lowest BCUT2D eigenvalue weighted by Crippen LogP contribution is -2.19. The highest BCUT2D eigenvalue weighted by Crippen LogP contribution is 2.19. The van der Waals surface area contributed by atoms with Gasteiger partial charge in [0.15, 0.2) is 0 Å². The standard InChI is InChI=1S/C14H20N2O2/c1-11(2)10-15-8-4-5-13-7-6-12(3)14(9-13)16(17)18/h4-7,9,11,15H,8,10H2,1-3H3. The Morgan fingerprint density at radius 2 is 2.17 bits per heavy atom. The van der Waals surface area contributed by atoms with E-state index in [9.17, 15) is 10.1 Å². The van der Waals surface area contributed by atoms with Crippen LogP contribution in [0.3, 0.4) is 0 Å². The van der Waals surface area contributed by atoms with Crippen LogP contribution in [-0.2, 0) is 0 Å². The summed E-state index contributed by atoms with van der Waals surface area (Å²) >= 11 is 0. The van der Waals surface area contributed by atoms with Crippen LogP contribution in [0.15, 0.2) is 24.3 Å². The molecular formula is C14H20N2O2. The maximum absolute atomic E-state index is 10.8. The van der Waals surface area contributed by atoms with E-state index in [4.69, 9.17) is 0 Å². The van der Waals surface area contributed by atoms with Crippen LogP contribution in [0.5, 0.6) is 0 Å². The van der Waals surface area contributed by atoms with Gasteiger partial charge in [0.05, 0.1) is 4.92 Å². The van der Waals surface area contributed by atoms with Gasteiger partial charge in [0.25, 0.3) is 5.69 Å². The molecule has 4 nitrogen and oxygen atoms in total. The molecule has 0 bridgehead atoms. The van der Waals surface area contributed by atoms with Crippen molar-refractivity contribution >= 4 is 11.8 Å². The van der Waals surface area contributed by atoms with Gasteiger partial charge < -0.3 is 5.32 Å². The number of nitrogens with zero attached hydrogens (tertiary/aromatic N) is 1. The third kappa shape index (κ3) is 4.67. The van der Waals surface area contributed by atoms with Crippen LogP contribution in [0.4, 0.5) is 5.69 Å². The van der Waals surface area contributed by atoms with Gasteiger partial charge in [-0.25, -0.2) is 0 Å². The van der Waals surface area contributed by atoms with E-state index in [0.717, 1.165) is 18.7 Å². The predicted octanol–water partition coefficient (Wildman–Crippen LogP) is 3.16. The van der Waals surface area contributed by atoms with Gasteiger partial charge in [-0.05, 0) is 24.9 Å². The molecule has 1 rings (SSSR count). The summed E-state index contributed by atoms with van der Waals surface area (Å²) in [4.78, 5) is 10.5. The molecule has 0 aliphatic rings. The first kappa shape index (κ1) is 14.4. The number of nitrogens with one attached hydrogen (secondary N) is 1. The number of aryl methyl sites for hydroxylation is 1. The molecule has 0 amide bonds. The molecule has 1 aromatic carbocycles. The van der Waals surface area contributed by atoms with Crippen LogP contribution in [0.25, 0.3) is 6.08 Å². The maximum Gasteiger partial charge on any atom is 0.272 e. The van der Waals surface area contributed by atoms with Crippen LogP contribution in [0.2, 0.25) is 0 Å². The normalized spacial score (nSPS) is 11.3. The molecule has 0 saturated carbocycles. The topological polar surface area (TPSA) is 55.2 Å². The molecule has 0 aromatic heterocycles. The zero-order valence-electron chi connectivity index (χ0n) is 11.1. The molecule has 1 aromatic rings. The summed E-state index contributed by atoms with van der Waals surface area (Å²) in [7, 11) is 0. The molecule has 0 heterocycles. The number of benzene rings is 1. The average Bonchev–Trinajstić information content (AvgIpc) is 2.30. The Labute approximate surface area is 108 Å².